The van der Waals surface area contributed by atoms with Gasteiger partial charge in [-0.1, -0.05) is 18.2 Å². The summed E-state index contributed by atoms with van der Waals surface area (Å²) < 4.78 is 0. The second-order valence-corrected chi connectivity index (χ2v) is 5.06. The fourth-order valence-corrected chi connectivity index (χ4v) is 2.07. The van der Waals surface area contributed by atoms with Crippen LogP contribution >= 0.6 is 12.2 Å². The number of amides is 1. The van der Waals surface area contributed by atoms with Crippen molar-refractivity contribution < 1.29 is 4.79 Å². The van der Waals surface area contributed by atoms with E-state index in [0.717, 1.165) is 22.6 Å². The zero-order valence-corrected chi connectivity index (χ0v) is 12.8. The van der Waals surface area contributed by atoms with Crippen LogP contribution in [0.2, 0.25) is 0 Å². The van der Waals surface area contributed by atoms with E-state index in [1.54, 1.807) is 0 Å². The number of para-hydroxylation sites is 1. The Morgan fingerprint density at radius 3 is 2.05 bits per heavy atom. The van der Waals surface area contributed by atoms with E-state index in [0.29, 0.717) is 5.11 Å². The van der Waals surface area contributed by atoms with Gasteiger partial charge in [-0.3, -0.25) is 4.79 Å². The van der Waals surface area contributed by atoms with Crippen molar-refractivity contribution in [1.82, 2.24) is 0 Å². The molecule has 0 spiro atoms. The lowest BCUT2D eigenvalue weighted by molar-refractivity contribution is -0.114. The number of anilines is 3. The molecule has 0 saturated carbocycles. The molecule has 3 N–H and O–H groups in total. The third-order valence-electron chi connectivity index (χ3n) is 2.86. The van der Waals surface area contributed by atoms with E-state index in [2.05, 4.69) is 16.0 Å². The molecule has 2 rings (SSSR count). The van der Waals surface area contributed by atoms with Crippen LogP contribution in [0.4, 0.5) is 17.1 Å². The molecular weight excluding hydrogens is 282 g/mol. The Hall–Kier alpha value is -2.40. The van der Waals surface area contributed by atoms with Gasteiger partial charge in [-0.25, -0.2) is 0 Å². The number of benzene rings is 2. The zero-order valence-electron chi connectivity index (χ0n) is 11.9. The average molecular weight is 299 g/mol. The zero-order chi connectivity index (χ0) is 15.2. The highest BCUT2D eigenvalue weighted by Gasteiger charge is 2.01. The van der Waals surface area contributed by atoms with Gasteiger partial charge in [0.15, 0.2) is 5.11 Å². The van der Waals surface area contributed by atoms with Crippen molar-refractivity contribution in [2.24, 2.45) is 0 Å². The number of hydrogen-bond acceptors (Lipinski definition) is 2. The van der Waals surface area contributed by atoms with Crippen LogP contribution in [0.5, 0.6) is 0 Å². The summed E-state index contributed by atoms with van der Waals surface area (Å²) in [5, 5.41) is 9.50. The van der Waals surface area contributed by atoms with E-state index >= 15 is 0 Å². The summed E-state index contributed by atoms with van der Waals surface area (Å²) in [6.07, 6.45) is 0. The van der Waals surface area contributed by atoms with Gasteiger partial charge in [0.25, 0.3) is 0 Å². The predicted octanol–water partition coefficient (Wildman–Crippen LogP) is 3.76. The molecule has 0 aliphatic rings. The molecule has 108 valence electrons. The average Bonchev–Trinajstić information content (AvgIpc) is 2.43. The fraction of sp³-hybridized carbons (Fsp3) is 0.125. The normalized spacial score (nSPS) is 9.81. The van der Waals surface area contributed by atoms with Crippen LogP contribution in [0.3, 0.4) is 0 Å². The van der Waals surface area contributed by atoms with Crippen molar-refractivity contribution in [3.63, 3.8) is 0 Å². The lowest BCUT2D eigenvalue weighted by Crippen LogP contribution is -2.19. The minimum Gasteiger partial charge on any atom is -0.332 e. The van der Waals surface area contributed by atoms with Crippen LogP contribution in [-0.4, -0.2) is 11.0 Å². The summed E-state index contributed by atoms with van der Waals surface area (Å²) in [6.45, 7) is 3.50. The predicted molar refractivity (Wildman–Crippen MR) is 91.8 cm³/mol. The van der Waals surface area contributed by atoms with Gasteiger partial charge in [0, 0.05) is 24.0 Å². The Balaban J connectivity index is 1.96. The van der Waals surface area contributed by atoms with Gasteiger partial charge in [0.2, 0.25) is 5.91 Å². The van der Waals surface area contributed by atoms with Crippen LogP contribution in [0, 0.1) is 6.92 Å². The van der Waals surface area contributed by atoms with Crippen molar-refractivity contribution in [1.29, 1.82) is 0 Å². The van der Waals surface area contributed by atoms with Crippen molar-refractivity contribution in [3.8, 4) is 0 Å². The number of carbonyl (C=O) groups is 1. The molecule has 0 saturated heterocycles. The smallest absolute Gasteiger partial charge is 0.221 e. The van der Waals surface area contributed by atoms with Crippen molar-refractivity contribution in [2.45, 2.75) is 13.8 Å². The number of rotatable bonds is 3. The minimum absolute atomic E-state index is 0.0903. The Labute approximate surface area is 129 Å². The molecule has 0 radical (unpaired) electrons. The minimum atomic E-state index is -0.0903. The number of aryl methyl sites for hydroxylation is 1. The molecule has 2 aromatic carbocycles. The third-order valence-corrected chi connectivity index (χ3v) is 3.06. The van der Waals surface area contributed by atoms with Crippen LogP contribution in [0.15, 0.2) is 48.5 Å². The van der Waals surface area contributed by atoms with Crippen LogP contribution in [0.1, 0.15) is 12.5 Å². The van der Waals surface area contributed by atoms with Gasteiger partial charge in [-0.05, 0) is 55.0 Å². The fourth-order valence-electron chi connectivity index (χ4n) is 1.84. The van der Waals surface area contributed by atoms with Crippen LogP contribution in [0.25, 0.3) is 0 Å². The van der Waals surface area contributed by atoms with Crippen LogP contribution in [-0.2, 0) is 4.79 Å². The largest absolute Gasteiger partial charge is 0.332 e. The summed E-state index contributed by atoms with van der Waals surface area (Å²) in [6, 6.07) is 15.3. The van der Waals surface area contributed by atoms with Gasteiger partial charge < -0.3 is 16.0 Å². The SMILES string of the molecule is CC(=O)Nc1ccc(NC(=S)Nc2ccccc2C)cc1. The quantitative estimate of drug-likeness (QED) is 0.755. The number of thiocarbonyl (C=S) groups is 1. The molecule has 0 bridgehead atoms. The highest BCUT2D eigenvalue weighted by atomic mass is 32.1. The van der Waals surface area contributed by atoms with E-state index in [9.17, 15) is 4.79 Å². The summed E-state index contributed by atoms with van der Waals surface area (Å²) >= 11 is 5.29. The number of hydrogen-bond donors (Lipinski definition) is 3. The molecule has 0 unspecified atom stereocenters. The topological polar surface area (TPSA) is 53.2 Å². The van der Waals surface area contributed by atoms with Crippen molar-refractivity contribution >= 4 is 40.3 Å². The van der Waals surface area contributed by atoms with Gasteiger partial charge in [-0.15, -0.1) is 0 Å². The van der Waals surface area contributed by atoms with Crippen molar-refractivity contribution in [3.05, 3.63) is 54.1 Å². The molecule has 4 nitrogen and oxygen atoms in total. The van der Waals surface area contributed by atoms with Gasteiger partial charge in [0.05, 0.1) is 0 Å². The maximum atomic E-state index is 11.0. The molecule has 0 atom stereocenters. The standard InChI is InChI=1S/C16H17N3OS/c1-11-5-3-4-6-15(11)19-16(21)18-14-9-7-13(8-10-14)17-12(2)20/h3-10H,1-2H3,(H,17,20)(H2,18,19,21). The molecule has 5 heteroatoms. The lowest BCUT2D eigenvalue weighted by atomic mass is 10.2. The highest BCUT2D eigenvalue weighted by molar-refractivity contribution is 7.80. The summed E-state index contributed by atoms with van der Waals surface area (Å²) in [5.74, 6) is -0.0903. The first kappa shape index (κ1) is 15.0. The molecule has 0 aliphatic heterocycles. The van der Waals surface area contributed by atoms with Crippen LogP contribution < -0.4 is 16.0 Å². The molecule has 0 aliphatic carbocycles. The van der Waals surface area contributed by atoms with Gasteiger partial charge >= 0.3 is 0 Å². The molecule has 0 aromatic heterocycles. The molecule has 2 aromatic rings. The van der Waals surface area contributed by atoms with E-state index < -0.39 is 0 Å². The first-order valence-corrected chi connectivity index (χ1v) is 6.97. The van der Waals surface area contributed by atoms with Crippen molar-refractivity contribution in [2.75, 3.05) is 16.0 Å². The molecule has 21 heavy (non-hydrogen) atoms. The second kappa shape index (κ2) is 6.85. The van der Waals surface area contributed by atoms with E-state index in [1.165, 1.54) is 6.92 Å². The first-order chi connectivity index (χ1) is 10.0. The Bertz CT molecular complexity index is 653. The molecule has 0 fully saturated rings. The number of nitrogens with one attached hydrogen (secondary N) is 3. The maximum Gasteiger partial charge on any atom is 0.221 e. The lowest BCUT2D eigenvalue weighted by Gasteiger charge is -2.12. The second-order valence-electron chi connectivity index (χ2n) is 4.65. The van der Waals surface area contributed by atoms with Gasteiger partial charge in [-0.2, -0.15) is 0 Å². The molecule has 1 amide bonds. The molecule has 0 heterocycles. The summed E-state index contributed by atoms with van der Waals surface area (Å²) in [5.41, 5.74) is 3.72. The summed E-state index contributed by atoms with van der Waals surface area (Å²) in [4.78, 5) is 11.0. The van der Waals surface area contributed by atoms with E-state index in [1.807, 2.05) is 55.5 Å². The number of carbonyl (C=O) groups excluding carboxylic acids is 1. The third kappa shape index (κ3) is 4.57. The Kier molecular flexibility index (Phi) is 4.90. The Morgan fingerprint density at radius 2 is 1.48 bits per heavy atom. The monoisotopic (exact) mass is 299 g/mol. The molecular formula is C16H17N3OS. The maximum absolute atomic E-state index is 11.0. The Morgan fingerprint density at radius 1 is 0.905 bits per heavy atom. The summed E-state index contributed by atoms with van der Waals surface area (Å²) in [7, 11) is 0. The highest BCUT2D eigenvalue weighted by Crippen LogP contribution is 2.16. The van der Waals surface area contributed by atoms with Gasteiger partial charge in [0.1, 0.15) is 0 Å². The van der Waals surface area contributed by atoms with E-state index in [4.69, 9.17) is 12.2 Å². The first-order valence-electron chi connectivity index (χ1n) is 6.56. The van der Waals surface area contributed by atoms with E-state index in [-0.39, 0.29) is 5.91 Å².